The van der Waals surface area contributed by atoms with Gasteiger partial charge in [-0.3, -0.25) is 4.79 Å². The molecule has 68 valence electrons. The molecule has 2 saturated carbocycles. The van der Waals surface area contributed by atoms with Crippen LogP contribution in [0.15, 0.2) is 0 Å². The van der Waals surface area contributed by atoms with Crippen molar-refractivity contribution in [2.75, 3.05) is 6.54 Å². The molecule has 1 amide bonds. The van der Waals surface area contributed by atoms with Gasteiger partial charge >= 0.3 is 0 Å². The van der Waals surface area contributed by atoms with Crippen molar-refractivity contribution in [1.82, 2.24) is 5.32 Å². The number of carbonyl (C=O) groups excluding carboxylic acids is 1. The molecule has 0 spiro atoms. The molecule has 0 aromatic rings. The predicted octanol–water partition coefficient (Wildman–Crippen LogP) is 1.56. The molecular formula is C10H17NO. The van der Waals surface area contributed by atoms with Crippen molar-refractivity contribution in [2.45, 2.75) is 32.6 Å². The zero-order valence-electron chi connectivity index (χ0n) is 7.68. The zero-order valence-corrected chi connectivity index (χ0v) is 7.68. The molecule has 2 aliphatic rings. The lowest BCUT2D eigenvalue weighted by Gasteiger charge is -2.14. The highest BCUT2D eigenvalue weighted by molar-refractivity contribution is 5.72. The normalized spacial score (nSPS) is 22.8. The summed E-state index contributed by atoms with van der Waals surface area (Å²) in [6, 6.07) is 0. The molecule has 0 aromatic heterocycles. The molecule has 0 heterocycles. The van der Waals surface area contributed by atoms with Gasteiger partial charge in [0.1, 0.15) is 0 Å². The van der Waals surface area contributed by atoms with Crippen molar-refractivity contribution >= 4 is 5.91 Å². The SMILES string of the molecule is CC(=O)NCC(C1CC1)C1CC1. The van der Waals surface area contributed by atoms with Gasteiger partial charge in [-0.05, 0) is 43.4 Å². The molecule has 0 aliphatic heterocycles. The second-order valence-corrected chi connectivity index (χ2v) is 4.28. The van der Waals surface area contributed by atoms with E-state index in [0.29, 0.717) is 0 Å². The molecule has 0 saturated heterocycles. The molecule has 1 N–H and O–H groups in total. The van der Waals surface area contributed by atoms with Crippen molar-refractivity contribution in [1.29, 1.82) is 0 Å². The van der Waals surface area contributed by atoms with Gasteiger partial charge < -0.3 is 5.32 Å². The van der Waals surface area contributed by atoms with Crippen LogP contribution >= 0.6 is 0 Å². The number of amides is 1. The van der Waals surface area contributed by atoms with Gasteiger partial charge in [0.15, 0.2) is 0 Å². The van der Waals surface area contributed by atoms with E-state index < -0.39 is 0 Å². The average Bonchev–Trinajstić information content (AvgIpc) is 2.83. The molecule has 0 bridgehead atoms. The summed E-state index contributed by atoms with van der Waals surface area (Å²) in [7, 11) is 0. The Labute approximate surface area is 73.7 Å². The van der Waals surface area contributed by atoms with Crippen LogP contribution in [0.25, 0.3) is 0 Å². The molecule has 0 atom stereocenters. The van der Waals surface area contributed by atoms with Crippen molar-refractivity contribution in [3.63, 3.8) is 0 Å². The van der Waals surface area contributed by atoms with E-state index in [1.807, 2.05) is 0 Å². The highest BCUT2D eigenvalue weighted by Gasteiger charge is 2.40. The van der Waals surface area contributed by atoms with E-state index >= 15 is 0 Å². The molecule has 2 aliphatic carbocycles. The van der Waals surface area contributed by atoms with Gasteiger partial charge in [-0.2, -0.15) is 0 Å². The first-order valence-corrected chi connectivity index (χ1v) is 5.02. The summed E-state index contributed by atoms with van der Waals surface area (Å²) in [6.07, 6.45) is 5.61. The van der Waals surface area contributed by atoms with E-state index in [0.717, 1.165) is 24.3 Å². The monoisotopic (exact) mass is 167 g/mol. The first-order valence-electron chi connectivity index (χ1n) is 5.02. The molecular weight excluding hydrogens is 150 g/mol. The van der Waals surface area contributed by atoms with Crippen LogP contribution in [0.1, 0.15) is 32.6 Å². The maximum Gasteiger partial charge on any atom is 0.216 e. The van der Waals surface area contributed by atoms with Crippen LogP contribution in [0.5, 0.6) is 0 Å². The lowest BCUT2D eigenvalue weighted by atomic mass is 9.98. The van der Waals surface area contributed by atoms with Crippen LogP contribution in [-0.4, -0.2) is 12.5 Å². The first kappa shape index (κ1) is 8.09. The van der Waals surface area contributed by atoms with Crippen LogP contribution < -0.4 is 5.32 Å². The van der Waals surface area contributed by atoms with E-state index in [2.05, 4.69) is 5.32 Å². The highest BCUT2D eigenvalue weighted by Crippen LogP contribution is 2.48. The van der Waals surface area contributed by atoms with Crippen LogP contribution in [0, 0.1) is 17.8 Å². The van der Waals surface area contributed by atoms with Crippen molar-refractivity contribution in [3.8, 4) is 0 Å². The highest BCUT2D eigenvalue weighted by atomic mass is 16.1. The minimum absolute atomic E-state index is 0.126. The van der Waals surface area contributed by atoms with Gasteiger partial charge in [0, 0.05) is 13.5 Å². The summed E-state index contributed by atoms with van der Waals surface area (Å²) in [6.45, 7) is 2.54. The van der Waals surface area contributed by atoms with Gasteiger partial charge in [-0.1, -0.05) is 0 Å². The number of carbonyl (C=O) groups is 1. The summed E-state index contributed by atoms with van der Waals surface area (Å²) in [5.41, 5.74) is 0. The molecule has 0 unspecified atom stereocenters. The molecule has 2 fully saturated rings. The fourth-order valence-corrected chi connectivity index (χ4v) is 2.03. The number of rotatable bonds is 4. The van der Waals surface area contributed by atoms with Gasteiger partial charge in [0.05, 0.1) is 0 Å². The van der Waals surface area contributed by atoms with Crippen LogP contribution in [0.2, 0.25) is 0 Å². The van der Waals surface area contributed by atoms with Crippen LogP contribution in [0.3, 0.4) is 0 Å². The Bertz CT molecular complexity index is 170. The Morgan fingerprint density at radius 3 is 2.17 bits per heavy atom. The lowest BCUT2D eigenvalue weighted by molar-refractivity contribution is -0.119. The Balaban J connectivity index is 1.76. The van der Waals surface area contributed by atoms with E-state index in [4.69, 9.17) is 0 Å². The second kappa shape index (κ2) is 3.08. The van der Waals surface area contributed by atoms with Gasteiger partial charge in [0.25, 0.3) is 0 Å². The fourth-order valence-electron chi connectivity index (χ4n) is 2.03. The quantitative estimate of drug-likeness (QED) is 0.676. The van der Waals surface area contributed by atoms with Crippen LogP contribution in [-0.2, 0) is 4.79 Å². The molecule has 2 nitrogen and oxygen atoms in total. The third-order valence-electron chi connectivity index (χ3n) is 3.04. The summed E-state index contributed by atoms with van der Waals surface area (Å²) in [5.74, 6) is 2.84. The molecule has 0 aromatic carbocycles. The van der Waals surface area contributed by atoms with E-state index in [-0.39, 0.29) is 5.91 Å². The van der Waals surface area contributed by atoms with Crippen molar-refractivity contribution in [3.05, 3.63) is 0 Å². The Kier molecular flexibility index (Phi) is 2.07. The van der Waals surface area contributed by atoms with Crippen LogP contribution in [0.4, 0.5) is 0 Å². The summed E-state index contributed by atoms with van der Waals surface area (Å²) in [4.78, 5) is 10.7. The molecule has 0 radical (unpaired) electrons. The third-order valence-corrected chi connectivity index (χ3v) is 3.04. The topological polar surface area (TPSA) is 29.1 Å². The molecule has 12 heavy (non-hydrogen) atoms. The standard InChI is InChI=1S/C10H17NO/c1-7(12)11-6-10(8-2-3-8)9-4-5-9/h8-10H,2-6H2,1H3,(H,11,12). The van der Waals surface area contributed by atoms with E-state index in [1.54, 1.807) is 6.92 Å². The first-order chi connectivity index (χ1) is 5.77. The fraction of sp³-hybridized carbons (Fsp3) is 0.900. The lowest BCUT2D eigenvalue weighted by Crippen LogP contribution is -2.29. The summed E-state index contributed by atoms with van der Waals surface area (Å²) >= 11 is 0. The molecule has 2 heteroatoms. The van der Waals surface area contributed by atoms with E-state index in [1.165, 1.54) is 25.7 Å². The average molecular weight is 167 g/mol. The minimum atomic E-state index is 0.126. The zero-order chi connectivity index (χ0) is 8.55. The predicted molar refractivity (Wildman–Crippen MR) is 47.6 cm³/mol. The smallest absolute Gasteiger partial charge is 0.216 e. The van der Waals surface area contributed by atoms with Crippen molar-refractivity contribution < 1.29 is 4.79 Å². The van der Waals surface area contributed by atoms with E-state index in [9.17, 15) is 4.79 Å². The number of nitrogens with one attached hydrogen (secondary N) is 1. The summed E-state index contributed by atoms with van der Waals surface area (Å²) in [5, 5.41) is 2.95. The number of hydrogen-bond donors (Lipinski definition) is 1. The van der Waals surface area contributed by atoms with Gasteiger partial charge in [-0.15, -0.1) is 0 Å². The summed E-state index contributed by atoms with van der Waals surface area (Å²) < 4.78 is 0. The third kappa shape index (κ3) is 1.99. The maximum absolute atomic E-state index is 10.7. The van der Waals surface area contributed by atoms with Gasteiger partial charge in [-0.25, -0.2) is 0 Å². The Morgan fingerprint density at radius 1 is 1.33 bits per heavy atom. The largest absolute Gasteiger partial charge is 0.356 e. The Hall–Kier alpha value is -0.530. The Morgan fingerprint density at radius 2 is 1.83 bits per heavy atom. The van der Waals surface area contributed by atoms with Gasteiger partial charge in [0.2, 0.25) is 5.91 Å². The number of hydrogen-bond acceptors (Lipinski definition) is 1. The molecule has 2 rings (SSSR count). The van der Waals surface area contributed by atoms with Crippen molar-refractivity contribution in [2.24, 2.45) is 17.8 Å². The maximum atomic E-state index is 10.7. The second-order valence-electron chi connectivity index (χ2n) is 4.28. The minimum Gasteiger partial charge on any atom is -0.356 e.